The highest BCUT2D eigenvalue weighted by Crippen LogP contribution is 2.62. The Bertz CT molecular complexity index is 255. The summed E-state index contributed by atoms with van der Waals surface area (Å²) < 4.78 is 0. The van der Waals surface area contributed by atoms with Crippen LogP contribution in [0.3, 0.4) is 0 Å². The van der Waals surface area contributed by atoms with E-state index in [9.17, 15) is 9.59 Å². The summed E-state index contributed by atoms with van der Waals surface area (Å²) in [4.78, 5) is 22.6. The van der Waals surface area contributed by atoms with Gasteiger partial charge in [-0.05, 0) is 24.2 Å². The molecule has 2 rings (SSSR count). The maximum Gasteiger partial charge on any atom is 0.146 e. The molecule has 2 heteroatoms. The fourth-order valence-electron chi connectivity index (χ4n) is 2.99. The summed E-state index contributed by atoms with van der Waals surface area (Å²) in [5, 5.41) is 0. The number of ketones is 1. The van der Waals surface area contributed by atoms with E-state index in [1.54, 1.807) is 0 Å². The van der Waals surface area contributed by atoms with Crippen LogP contribution in [0.4, 0.5) is 0 Å². The Kier molecular flexibility index (Phi) is 1.31. The molecule has 0 N–H and O–H groups in total. The summed E-state index contributed by atoms with van der Waals surface area (Å²) >= 11 is 0. The molecule has 0 spiro atoms. The van der Waals surface area contributed by atoms with Crippen molar-refractivity contribution in [3.63, 3.8) is 0 Å². The van der Waals surface area contributed by atoms with Crippen molar-refractivity contribution in [1.82, 2.24) is 0 Å². The lowest BCUT2D eigenvalue weighted by atomic mass is 9.70. The van der Waals surface area contributed by atoms with E-state index in [4.69, 9.17) is 0 Å². The Morgan fingerprint density at radius 2 is 2.17 bits per heavy atom. The van der Waals surface area contributed by atoms with Crippen molar-refractivity contribution >= 4 is 12.1 Å². The second-order valence-corrected chi connectivity index (χ2v) is 4.67. The van der Waals surface area contributed by atoms with E-state index >= 15 is 0 Å². The first-order chi connectivity index (χ1) is 5.54. The molecule has 2 nitrogen and oxygen atoms in total. The van der Waals surface area contributed by atoms with Gasteiger partial charge in [0.2, 0.25) is 0 Å². The molecule has 12 heavy (non-hydrogen) atoms. The monoisotopic (exact) mass is 166 g/mol. The molecule has 2 aliphatic rings. The molecule has 0 aromatic heterocycles. The molecule has 0 aliphatic heterocycles. The van der Waals surface area contributed by atoms with Gasteiger partial charge in [-0.25, -0.2) is 0 Å². The van der Waals surface area contributed by atoms with Crippen molar-refractivity contribution in [3.05, 3.63) is 0 Å². The molecule has 0 amide bonds. The van der Waals surface area contributed by atoms with Gasteiger partial charge < -0.3 is 4.79 Å². The van der Waals surface area contributed by atoms with Gasteiger partial charge in [0.25, 0.3) is 0 Å². The molecule has 66 valence electrons. The third kappa shape index (κ3) is 0.584. The zero-order chi connectivity index (χ0) is 8.98. The van der Waals surface area contributed by atoms with Crippen LogP contribution in [0.5, 0.6) is 0 Å². The standard InChI is InChI=1S/C10H14O2/c1-9(2)7-3-4-10(9,6-11)8(12)5-7/h6-7H,3-5H2,1-2H3/t7-,10+/m1/s1. The van der Waals surface area contributed by atoms with Gasteiger partial charge in [-0.3, -0.25) is 4.79 Å². The van der Waals surface area contributed by atoms with Crippen molar-refractivity contribution in [3.8, 4) is 0 Å². The summed E-state index contributed by atoms with van der Waals surface area (Å²) in [5.74, 6) is 0.633. The lowest BCUT2D eigenvalue weighted by molar-refractivity contribution is -0.136. The largest absolute Gasteiger partial charge is 0.302 e. The van der Waals surface area contributed by atoms with Crippen molar-refractivity contribution in [2.24, 2.45) is 16.7 Å². The molecule has 0 aromatic carbocycles. The molecule has 0 aromatic rings. The van der Waals surface area contributed by atoms with Crippen LogP contribution in [0.1, 0.15) is 33.1 Å². The van der Waals surface area contributed by atoms with Gasteiger partial charge in [0.1, 0.15) is 12.1 Å². The van der Waals surface area contributed by atoms with Crippen LogP contribution in [0.15, 0.2) is 0 Å². The SMILES string of the molecule is CC1(C)[C@@H]2CC[C@]1(C=O)C(=O)C2. The predicted octanol–water partition coefficient (Wildman–Crippen LogP) is 1.58. The van der Waals surface area contributed by atoms with Gasteiger partial charge in [-0.2, -0.15) is 0 Å². The van der Waals surface area contributed by atoms with E-state index < -0.39 is 5.41 Å². The third-order valence-electron chi connectivity index (χ3n) is 4.19. The molecular weight excluding hydrogens is 152 g/mol. The van der Waals surface area contributed by atoms with Crippen molar-refractivity contribution in [2.45, 2.75) is 33.1 Å². The van der Waals surface area contributed by atoms with Crippen LogP contribution in [0.25, 0.3) is 0 Å². The van der Waals surface area contributed by atoms with Crippen molar-refractivity contribution in [1.29, 1.82) is 0 Å². The van der Waals surface area contributed by atoms with Crippen LogP contribution in [0.2, 0.25) is 0 Å². The molecule has 2 atom stereocenters. The van der Waals surface area contributed by atoms with Gasteiger partial charge in [0.05, 0.1) is 5.41 Å². The van der Waals surface area contributed by atoms with Gasteiger partial charge in [-0.15, -0.1) is 0 Å². The summed E-state index contributed by atoms with van der Waals surface area (Å²) in [6.07, 6.45) is 3.37. The second kappa shape index (κ2) is 1.98. The number of hydrogen-bond donors (Lipinski definition) is 0. The van der Waals surface area contributed by atoms with Gasteiger partial charge >= 0.3 is 0 Å². The van der Waals surface area contributed by atoms with E-state index in [0.717, 1.165) is 19.1 Å². The van der Waals surface area contributed by atoms with Gasteiger partial charge in [-0.1, -0.05) is 13.8 Å². The van der Waals surface area contributed by atoms with Gasteiger partial charge in [0.15, 0.2) is 0 Å². The number of Topliss-reactive ketones (excluding diaryl/α,β-unsaturated/α-hetero) is 1. The minimum absolute atomic E-state index is 0.0775. The van der Waals surface area contributed by atoms with Crippen LogP contribution in [0, 0.1) is 16.7 Å². The Balaban J connectivity index is 2.52. The van der Waals surface area contributed by atoms with Crippen LogP contribution in [-0.4, -0.2) is 12.1 Å². The number of hydrogen-bond acceptors (Lipinski definition) is 2. The second-order valence-electron chi connectivity index (χ2n) is 4.67. The molecule has 0 heterocycles. The lowest BCUT2D eigenvalue weighted by Crippen LogP contribution is -2.37. The maximum atomic E-state index is 11.6. The Morgan fingerprint density at radius 3 is 2.42 bits per heavy atom. The highest BCUT2D eigenvalue weighted by atomic mass is 16.1. The molecule has 2 fully saturated rings. The third-order valence-corrected chi connectivity index (χ3v) is 4.19. The van der Waals surface area contributed by atoms with E-state index in [-0.39, 0.29) is 11.2 Å². The molecule has 2 saturated carbocycles. The summed E-state index contributed by atoms with van der Waals surface area (Å²) in [6.45, 7) is 4.12. The Labute approximate surface area is 72.3 Å². The fourth-order valence-corrected chi connectivity index (χ4v) is 2.99. The average Bonchev–Trinajstić information content (AvgIpc) is 2.36. The number of fused-ring (bicyclic) bond motifs is 2. The molecule has 0 saturated heterocycles. The highest BCUT2D eigenvalue weighted by molar-refractivity contribution is 6.02. The number of carbonyl (C=O) groups is 2. The van der Waals surface area contributed by atoms with Crippen LogP contribution >= 0.6 is 0 Å². The summed E-state index contributed by atoms with van der Waals surface area (Å²) in [7, 11) is 0. The Morgan fingerprint density at radius 1 is 1.50 bits per heavy atom. The smallest absolute Gasteiger partial charge is 0.146 e. The molecule has 2 aliphatic carbocycles. The molecule has 2 bridgehead atoms. The highest BCUT2D eigenvalue weighted by Gasteiger charge is 2.64. The first-order valence-corrected chi connectivity index (χ1v) is 4.54. The van der Waals surface area contributed by atoms with E-state index in [1.165, 1.54) is 0 Å². The maximum absolute atomic E-state index is 11.6. The van der Waals surface area contributed by atoms with Crippen LogP contribution < -0.4 is 0 Å². The predicted molar refractivity (Wildman–Crippen MR) is 44.6 cm³/mol. The summed E-state index contributed by atoms with van der Waals surface area (Å²) in [5.41, 5.74) is -0.691. The fraction of sp³-hybridized carbons (Fsp3) is 0.800. The minimum atomic E-state index is -0.613. The van der Waals surface area contributed by atoms with E-state index in [2.05, 4.69) is 13.8 Å². The van der Waals surface area contributed by atoms with E-state index in [0.29, 0.717) is 12.3 Å². The molecule has 0 unspecified atom stereocenters. The lowest BCUT2D eigenvalue weighted by Gasteiger charge is -2.30. The molecular formula is C10H14O2. The average molecular weight is 166 g/mol. The van der Waals surface area contributed by atoms with Gasteiger partial charge in [0, 0.05) is 6.42 Å². The van der Waals surface area contributed by atoms with Crippen molar-refractivity contribution in [2.75, 3.05) is 0 Å². The Hall–Kier alpha value is -0.660. The number of aldehydes is 1. The van der Waals surface area contributed by atoms with E-state index in [1.807, 2.05) is 0 Å². The van der Waals surface area contributed by atoms with Crippen LogP contribution in [-0.2, 0) is 9.59 Å². The van der Waals surface area contributed by atoms with Crippen molar-refractivity contribution < 1.29 is 9.59 Å². The first-order valence-electron chi connectivity index (χ1n) is 4.54. The minimum Gasteiger partial charge on any atom is -0.302 e. The zero-order valence-electron chi connectivity index (χ0n) is 7.59. The normalized spacial score (nSPS) is 43.5. The molecule has 0 radical (unpaired) electrons. The topological polar surface area (TPSA) is 34.1 Å². The number of carbonyl (C=O) groups excluding carboxylic acids is 2. The first kappa shape index (κ1) is 7.96. The number of rotatable bonds is 1. The zero-order valence-corrected chi connectivity index (χ0v) is 7.59. The summed E-state index contributed by atoms with van der Waals surface area (Å²) in [6, 6.07) is 0. The quantitative estimate of drug-likeness (QED) is 0.438.